The molecule has 0 bridgehead atoms. The van der Waals surface area contributed by atoms with Crippen LogP contribution in [0.25, 0.3) is 0 Å². The number of amides is 1. The van der Waals surface area contributed by atoms with Gasteiger partial charge in [0, 0.05) is 6.54 Å². The minimum absolute atomic E-state index is 0.265. The van der Waals surface area contributed by atoms with Crippen LogP contribution in [0.5, 0.6) is 11.5 Å². The number of aryl methyl sites for hydroxylation is 1. The molecule has 0 spiro atoms. The normalized spacial score (nSPS) is 10.3. The summed E-state index contributed by atoms with van der Waals surface area (Å²) in [4.78, 5) is 12.4. The molecular weight excluding hydrogens is 365 g/mol. The van der Waals surface area contributed by atoms with Crippen molar-refractivity contribution in [1.29, 1.82) is 0 Å². The number of halogens is 2. The van der Waals surface area contributed by atoms with Gasteiger partial charge in [-0.2, -0.15) is 0 Å². The van der Waals surface area contributed by atoms with E-state index < -0.39 is 0 Å². The molecule has 2 rings (SSSR count). The van der Waals surface area contributed by atoms with Crippen molar-refractivity contribution in [3.63, 3.8) is 0 Å². The van der Waals surface area contributed by atoms with Gasteiger partial charge in [-0.15, -0.1) is 0 Å². The minimum atomic E-state index is -0.302. The van der Waals surface area contributed by atoms with Crippen LogP contribution in [0.4, 0.5) is 4.39 Å². The first kappa shape index (κ1) is 17.3. The molecule has 0 aliphatic heterocycles. The van der Waals surface area contributed by atoms with Crippen molar-refractivity contribution in [2.24, 2.45) is 0 Å². The van der Waals surface area contributed by atoms with Crippen LogP contribution in [0.3, 0.4) is 0 Å². The molecule has 1 amide bonds. The Balaban J connectivity index is 2.20. The summed E-state index contributed by atoms with van der Waals surface area (Å²) in [7, 11) is 3.02. The molecular formula is C17H17BrFNO3. The molecule has 0 aliphatic rings. The lowest BCUT2D eigenvalue weighted by Crippen LogP contribution is -2.23. The fourth-order valence-electron chi connectivity index (χ4n) is 2.16. The van der Waals surface area contributed by atoms with E-state index in [0.717, 1.165) is 5.56 Å². The van der Waals surface area contributed by atoms with Crippen molar-refractivity contribution >= 4 is 21.8 Å². The summed E-state index contributed by atoms with van der Waals surface area (Å²) in [5.74, 6) is 0.404. The number of rotatable bonds is 5. The maximum absolute atomic E-state index is 13.3. The molecule has 23 heavy (non-hydrogen) atoms. The first-order valence-corrected chi connectivity index (χ1v) is 7.70. The summed E-state index contributed by atoms with van der Waals surface area (Å²) < 4.78 is 24.3. The molecule has 0 radical (unpaired) electrons. The van der Waals surface area contributed by atoms with E-state index in [-0.39, 0.29) is 18.3 Å². The Hall–Kier alpha value is -2.08. The van der Waals surface area contributed by atoms with E-state index in [1.54, 1.807) is 31.2 Å². The molecule has 1 N–H and O–H groups in total. The van der Waals surface area contributed by atoms with E-state index in [4.69, 9.17) is 9.47 Å². The smallest absolute Gasteiger partial charge is 0.255 e. The maximum Gasteiger partial charge on any atom is 0.255 e. The Morgan fingerprint density at radius 3 is 2.57 bits per heavy atom. The molecule has 0 heterocycles. The van der Waals surface area contributed by atoms with Gasteiger partial charge in [0.1, 0.15) is 17.3 Å². The van der Waals surface area contributed by atoms with Crippen molar-refractivity contribution in [2.45, 2.75) is 13.5 Å². The Morgan fingerprint density at radius 1 is 1.22 bits per heavy atom. The topological polar surface area (TPSA) is 47.6 Å². The molecule has 0 aliphatic carbocycles. The van der Waals surface area contributed by atoms with Gasteiger partial charge in [0.2, 0.25) is 0 Å². The number of benzene rings is 2. The monoisotopic (exact) mass is 381 g/mol. The highest BCUT2D eigenvalue weighted by Crippen LogP contribution is 2.33. The highest BCUT2D eigenvalue weighted by molar-refractivity contribution is 9.10. The average Bonchev–Trinajstić information content (AvgIpc) is 2.54. The largest absolute Gasteiger partial charge is 0.497 e. The second-order valence-corrected chi connectivity index (χ2v) is 5.81. The number of hydrogen-bond acceptors (Lipinski definition) is 3. The maximum atomic E-state index is 13.3. The molecule has 0 atom stereocenters. The zero-order chi connectivity index (χ0) is 17.0. The van der Waals surface area contributed by atoms with Crippen LogP contribution in [0.15, 0.2) is 34.8 Å². The number of carbonyl (C=O) groups is 1. The van der Waals surface area contributed by atoms with E-state index in [1.807, 2.05) is 0 Å². The number of ether oxygens (including phenoxy) is 2. The van der Waals surface area contributed by atoms with Gasteiger partial charge in [-0.05, 0) is 52.2 Å². The lowest BCUT2D eigenvalue weighted by atomic mass is 10.1. The quantitative estimate of drug-likeness (QED) is 0.855. The van der Waals surface area contributed by atoms with Crippen LogP contribution >= 0.6 is 15.9 Å². The average molecular weight is 382 g/mol. The summed E-state index contributed by atoms with van der Waals surface area (Å²) in [5.41, 5.74) is 1.72. The van der Waals surface area contributed by atoms with Gasteiger partial charge in [-0.25, -0.2) is 4.39 Å². The van der Waals surface area contributed by atoms with E-state index in [0.29, 0.717) is 27.1 Å². The predicted molar refractivity (Wildman–Crippen MR) is 89.6 cm³/mol. The Bertz CT molecular complexity index is 734. The molecule has 4 nitrogen and oxygen atoms in total. The third kappa shape index (κ3) is 4.01. The fraction of sp³-hybridized carbons (Fsp3) is 0.235. The van der Waals surface area contributed by atoms with Crippen molar-refractivity contribution in [3.8, 4) is 11.5 Å². The van der Waals surface area contributed by atoms with Crippen molar-refractivity contribution in [2.75, 3.05) is 14.2 Å². The van der Waals surface area contributed by atoms with Gasteiger partial charge in [0.25, 0.3) is 5.91 Å². The van der Waals surface area contributed by atoms with E-state index in [9.17, 15) is 9.18 Å². The van der Waals surface area contributed by atoms with Gasteiger partial charge >= 0.3 is 0 Å². The summed E-state index contributed by atoms with van der Waals surface area (Å²) in [6.07, 6.45) is 0. The van der Waals surface area contributed by atoms with E-state index in [1.165, 1.54) is 20.3 Å². The lowest BCUT2D eigenvalue weighted by Gasteiger charge is -2.13. The second kappa shape index (κ2) is 7.46. The molecule has 0 unspecified atom stereocenters. The van der Waals surface area contributed by atoms with E-state index >= 15 is 0 Å². The van der Waals surface area contributed by atoms with Crippen molar-refractivity contribution < 1.29 is 18.7 Å². The fourth-order valence-corrected chi connectivity index (χ4v) is 2.76. The zero-order valence-electron chi connectivity index (χ0n) is 13.1. The number of hydrogen-bond donors (Lipinski definition) is 1. The second-order valence-electron chi connectivity index (χ2n) is 4.96. The number of nitrogens with one attached hydrogen (secondary N) is 1. The van der Waals surface area contributed by atoms with Crippen LogP contribution < -0.4 is 14.8 Å². The van der Waals surface area contributed by atoms with Crippen LogP contribution in [-0.2, 0) is 6.54 Å². The standard InChI is InChI=1S/C17H17BrFNO3/c1-10-6-11(4-5-15(10)19)9-20-17(21)13-7-12(22-2)8-14(18)16(13)23-3/h4-8H,9H2,1-3H3,(H,20,21). The summed E-state index contributed by atoms with van der Waals surface area (Å²) >= 11 is 3.35. The van der Waals surface area contributed by atoms with Crippen LogP contribution in [0, 0.1) is 12.7 Å². The first-order valence-electron chi connectivity index (χ1n) is 6.91. The van der Waals surface area contributed by atoms with Gasteiger partial charge in [-0.3, -0.25) is 4.79 Å². The highest BCUT2D eigenvalue weighted by atomic mass is 79.9. The van der Waals surface area contributed by atoms with Gasteiger partial charge in [0.05, 0.1) is 24.3 Å². The SMILES string of the molecule is COc1cc(Br)c(OC)c(C(=O)NCc2ccc(F)c(C)c2)c1. The molecule has 2 aromatic rings. The van der Waals surface area contributed by atoms with Crippen LogP contribution in [0.1, 0.15) is 21.5 Å². The Labute approximate surface area is 142 Å². The van der Waals surface area contributed by atoms with Gasteiger partial charge in [-0.1, -0.05) is 12.1 Å². The summed E-state index contributed by atoms with van der Waals surface area (Å²) in [5, 5.41) is 2.80. The molecule has 6 heteroatoms. The molecule has 0 saturated carbocycles. The zero-order valence-corrected chi connectivity index (χ0v) is 14.7. The minimum Gasteiger partial charge on any atom is -0.497 e. The lowest BCUT2D eigenvalue weighted by molar-refractivity contribution is 0.0947. The summed E-state index contributed by atoms with van der Waals surface area (Å²) in [6, 6.07) is 8.06. The highest BCUT2D eigenvalue weighted by Gasteiger charge is 2.17. The Kier molecular flexibility index (Phi) is 5.60. The molecule has 122 valence electrons. The predicted octanol–water partition coefficient (Wildman–Crippen LogP) is 3.84. The molecule has 0 aromatic heterocycles. The molecule has 0 fully saturated rings. The van der Waals surface area contributed by atoms with Gasteiger partial charge in [0.15, 0.2) is 0 Å². The van der Waals surface area contributed by atoms with Crippen molar-refractivity contribution in [1.82, 2.24) is 5.32 Å². The molecule has 0 saturated heterocycles. The third-order valence-electron chi connectivity index (χ3n) is 3.38. The first-order chi connectivity index (χ1) is 11.0. The number of carbonyl (C=O) groups excluding carboxylic acids is 1. The third-order valence-corrected chi connectivity index (χ3v) is 3.97. The van der Waals surface area contributed by atoms with Crippen LogP contribution in [0.2, 0.25) is 0 Å². The number of methoxy groups -OCH3 is 2. The van der Waals surface area contributed by atoms with Crippen LogP contribution in [-0.4, -0.2) is 20.1 Å². The van der Waals surface area contributed by atoms with E-state index in [2.05, 4.69) is 21.2 Å². The van der Waals surface area contributed by atoms with Gasteiger partial charge < -0.3 is 14.8 Å². The Morgan fingerprint density at radius 2 is 1.96 bits per heavy atom. The van der Waals surface area contributed by atoms with Crippen molar-refractivity contribution in [3.05, 3.63) is 57.3 Å². The summed E-state index contributed by atoms with van der Waals surface area (Å²) in [6.45, 7) is 1.97. The molecule has 2 aromatic carbocycles.